The standard InChI is InChI=1S/C27H19NO/c1-2-27(29)28-25-14-7-6-13-23(25)24-18-22(15-16-26(24)28)21-12-8-11-20(17-21)19-9-4-3-5-10-19/h2-18H,1H2. The molecule has 0 radical (unpaired) electrons. The third kappa shape index (κ3) is 2.86. The van der Waals surface area contributed by atoms with Crippen molar-refractivity contribution in [2.24, 2.45) is 0 Å². The smallest absolute Gasteiger partial charge is 0.254 e. The van der Waals surface area contributed by atoms with E-state index >= 15 is 0 Å². The second-order valence-electron chi connectivity index (χ2n) is 7.07. The molecular formula is C27H19NO. The minimum atomic E-state index is -0.116. The summed E-state index contributed by atoms with van der Waals surface area (Å²) < 4.78 is 1.74. The van der Waals surface area contributed by atoms with Gasteiger partial charge in [0.1, 0.15) is 0 Å². The second-order valence-corrected chi connectivity index (χ2v) is 7.07. The molecule has 0 N–H and O–H groups in total. The molecule has 0 unspecified atom stereocenters. The van der Waals surface area contributed by atoms with E-state index in [4.69, 9.17) is 0 Å². The lowest BCUT2D eigenvalue weighted by atomic mass is 9.98. The Bertz CT molecular complexity index is 1380. The van der Waals surface area contributed by atoms with Crippen LogP contribution in [-0.2, 0) is 0 Å². The number of nitrogens with zero attached hydrogens (tertiary/aromatic N) is 1. The zero-order valence-corrected chi connectivity index (χ0v) is 15.9. The maximum Gasteiger partial charge on any atom is 0.254 e. The van der Waals surface area contributed by atoms with Crippen molar-refractivity contribution in [2.45, 2.75) is 0 Å². The zero-order valence-electron chi connectivity index (χ0n) is 15.9. The lowest BCUT2D eigenvalue weighted by Gasteiger charge is -2.07. The number of allylic oxidation sites excluding steroid dienone is 1. The number of benzene rings is 4. The van der Waals surface area contributed by atoms with Gasteiger partial charge in [-0.3, -0.25) is 9.36 Å². The van der Waals surface area contributed by atoms with E-state index in [2.05, 4.69) is 73.3 Å². The Balaban J connectivity index is 1.71. The number of para-hydroxylation sites is 1. The van der Waals surface area contributed by atoms with Gasteiger partial charge in [0.25, 0.3) is 5.91 Å². The molecule has 0 saturated heterocycles. The van der Waals surface area contributed by atoms with Gasteiger partial charge in [-0.1, -0.05) is 79.4 Å². The van der Waals surface area contributed by atoms with E-state index in [-0.39, 0.29) is 5.91 Å². The van der Waals surface area contributed by atoms with Crippen LogP contribution in [0.1, 0.15) is 4.79 Å². The van der Waals surface area contributed by atoms with Gasteiger partial charge in [0.05, 0.1) is 11.0 Å². The molecule has 1 heterocycles. The SMILES string of the molecule is C=CC(=O)n1c2ccccc2c2cc(-c3cccc(-c4ccccc4)c3)ccc21. The maximum atomic E-state index is 12.5. The van der Waals surface area contributed by atoms with Gasteiger partial charge >= 0.3 is 0 Å². The molecule has 0 aliphatic rings. The first kappa shape index (κ1) is 17.2. The zero-order chi connectivity index (χ0) is 19.8. The summed E-state index contributed by atoms with van der Waals surface area (Å²) in [6.45, 7) is 3.66. The Morgan fingerprint density at radius 1 is 0.621 bits per heavy atom. The predicted molar refractivity (Wildman–Crippen MR) is 121 cm³/mol. The molecule has 0 spiro atoms. The largest absolute Gasteiger partial charge is 0.276 e. The number of fused-ring (bicyclic) bond motifs is 3. The van der Waals surface area contributed by atoms with Crippen LogP contribution in [0.2, 0.25) is 0 Å². The molecule has 0 bridgehead atoms. The average Bonchev–Trinajstić information content (AvgIpc) is 3.13. The summed E-state index contributed by atoms with van der Waals surface area (Å²) in [6.07, 6.45) is 1.36. The van der Waals surface area contributed by atoms with Gasteiger partial charge in [0, 0.05) is 10.8 Å². The lowest BCUT2D eigenvalue weighted by Crippen LogP contribution is -2.05. The van der Waals surface area contributed by atoms with Crippen molar-refractivity contribution < 1.29 is 4.79 Å². The molecule has 0 amide bonds. The van der Waals surface area contributed by atoms with Crippen molar-refractivity contribution in [3.63, 3.8) is 0 Å². The van der Waals surface area contributed by atoms with Crippen LogP contribution in [0.5, 0.6) is 0 Å². The van der Waals surface area contributed by atoms with Crippen molar-refractivity contribution >= 4 is 27.7 Å². The molecular weight excluding hydrogens is 354 g/mol. The molecule has 2 nitrogen and oxygen atoms in total. The first-order valence-corrected chi connectivity index (χ1v) is 9.62. The summed E-state index contributed by atoms with van der Waals surface area (Å²) in [7, 11) is 0. The van der Waals surface area contributed by atoms with E-state index in [1.807, 2.05) is 30.3 Å². The highest BCUT2D eigenvalue weighted by atomic mass is 16.1. The normalized spacial score (nSPS) is 11.0. The molecule has 0 aliphatic carbocycles. The summed E-state index contributed by atoms with van der Waals surface area (Å²) in [5.74, 6) is -0.116. The maximum absolute atomic E-state index is 12.5. The first-order valence-electron chi connectivity index (χ1n) is 9.62. The van der Waals surface area contributed by atoms with E-state index in [0.29, 0.717) is 0 Å². The topological polar surface area (TPSA) is 22.0 Å². The number of rotatable bonds is 3. The Morgan fingerprint density at radius 3 is 2.03 bits per heavy atom. The van der Waals surface area contributed by atoms with Gasteiger partial charge in [0.15, 0.2) is 0 Å². The molecule has 1 aromatic heterocycles. The van der Waals surface area contributed by atoms with E-state index < -0.39 is 0 Å². The number of carbonyl (C=O) groups excluding carboxylic acids is 1. The van der Waals surface area contributed by atoms with Crippen molar-refractivity contribution in [1.82, 2.24) is 4.57 Å². The van der Waals surface area contributed by atoms with Crippen LogP contribution in [0.3, 0.4) is 0 Å². The minimum absolute atomic E-state index is 0.116. The molecule has 0 aliphatic heterocycles. The third-order valence-electron chi connectivity index (χ3n) is 5.37. The van der Waals surface area contributed by atoms with E-state index in [0.717, 1.165) is 32.9 Å². The van der Waals surface area contributed by atoms with E-state index in [1.54, 1.807) is 4.57 Å². The van der Waals surface area contributed by atoms with Crippen molar-refractivity contribution in [1.29, 1.82) is 0 Å². The van der Waals surface area contributed by atoms with Gasteiger partial charge in [0.2, 0.25) is 0 Å². The van der Waals surface area contributed by atoms with E-state index in [1.165, 1.54) is 17.2 Å². The fourth-order valence-electron chi connectivity index (χ4n) is 3.99. The molecule has 0 fully saturated rings. The van der Waals surface area contributed by atoms with Gasteiger partial charge in [-0.15, -0.1) is 0 Å². The highest BCUT2D eigenvalue weighted by Gasteiger charge is 2.14. The van der Waals surface area contributed by atoms with E-state index in [9.17, 15) is 4.79 Å². The van der Waals surface area contributed by atoms with Gasteiger partial charge in [-0.05, 0) is 52.6 Å². The van der Waals surface area contributed by atoms with Crippen LogP contribution < -0.4 is 0 Å². The Labute approximate surface area is 169 Å². The fourth-order valence-corrected chi connectivity index (χ4v) is 3.99. The van der Waals surface area contributed by atoms with Gasteiger partial charge < -0.3 is 0 Å². The molecule has 5 aromatic rings. The van der Waals surface area contributed by atoms with Crippen LogP contribution in [0.25, 0.3) is 44.1 Å². The van der Waals surface area contributed by atoms with Crippen LogP contribution in [0.4, 0.5) is 0 Å². The quantitative estimate of drug-likeness (QED) is 0.313. The molecule has 0 atom stereocenters. The Morgan fingerprint density at radius 2 is 1.24 bits per heavy atom. The number of aromatic nitrogens is 1. The molecule has 2 heteroatoms. The van der Waals surface area contributed by atoms with Crippen LogP contribution in [0, 0.1) is 0 Å². The van der Waals surface area contributed by atoms with Crippen LogP contribution in [-0.4, -0.2) is 10.5 Å². The number of hydrogen-bond acceptors (Lipinski definition) is 1. The van der Waals surface area contributed by atoms with Gasteiger partial charge in [-0.2, -0.15) is 0 Å². The van der Waals surface area contributed by atoms with Crippen LogP contribution in [0.15, 0.2) is 110 Å². The average molecular weight is 373 g/mol. The third-order valence-corrected chi connectivity index (χ3v) is 5.37. The summed E-state index contributed by atoms with van der Waals surface area (Å²) >= 11 is 0. The van der Waals surface area contributed by atoms with Gasteiger partial charge in [-0.25, -0.2) is 0 Å². The van der Waals surface area contributed by atoms with Crippen molar-refractivity contribution in [3.8, 4) is 22.3 Å². The lowest BCUT2D eigenvalue weighted by molar-refractivity contribution is 0.0978. The Kier molecular flexibility index (Phi) is 4.10. The number of carbonyl (C=O) groups is 1. The summed E-state index contributed by atoms with van der Waals surface area (Å²) in [5, 5.41) is 2.14. The molecule has 4 aromatic carbocycles. The summed E-state index contributed by atoms with van der Waals surface area (Å²) in [4.78, 5) is 12.5. The second kappa shape index (κ2) is 6.92. The monoisotopic (exact) mass is 373 g/mol. The highest BCUT2D eigenvalue weighted by molar-refractivity contribution is 6.15. The first-order chi connectivity index (χ1) is 14.3. The summed E-state index contributed by atoms with van der Waals surface area (Å²) in [5.41, 5.74) is 6.47. The molecule has 0 saturated carbocycles. The van der Waals surface area contributed by atoms with Crippen molar-refractivity contribution in [2.75, 3.05) is 0 Å². The minimum Gasteiger partial charge on any atom is -0.276 e. The molecule has 138 valence electrons. The van der Waals surface area contributed by atoms with Crippen LogP contribution >= 0.6 is 0 Å². The highest BCUT2D eigenvalue weighted by Crippen LogP contribution is 2.33. The summed E-state index contributed by atoms with van der Waals surface area (Å²) in [6, 6.07) is 33.2. The predicted octanol–water partition coefficient (Wildman–Crippen LogP) is 6.95. The van der Waals surface area contributed by atoms with Crippen molar-refractivity contribution in [3.05, 3.63) is 110 Å². The Hall–Kier alpha value is -3.91. The molecule has 29 heavy (non-hydrogen) atoms. The number of hydrogen-bond donors (Lipinski definition) is 0. The fraction of sp³-hybridized carbons (Fsp3) is 0. The molecule has 5 rings (SSSR count).